The first kappa shape index (κ1) is 7.48. The first-order valence-electron chi connectivity index (χ1n) is 3.23. The number of hydrogen-bond acceptors (Lipinski definition) is 3. The highest BCUT2D eigenvalue weighted by atomic mass is 32.2. The fourth-order valence-electron chi connectivity index (χ4n) is 0.651. The van der Waals surface area contributed by atoms with Crippen molar-refractivity contribution in [1.82, 2.24) is 0 Å². The van der Waals surface area contributed by atoms with Crippen LogP contribution in [0, 0.1) is 0 Å². The van der Waals surface area contributed by atoms with Gasteiger partial charge >= 0.3 is 0 Å². The molecule has 0 spiro atoms. The van der Waals surface area contributed by atoms with Crippen LogP contribution in [0.4, 0.5) is 0 Å². The molecule has 0 amide bonds. The Morgan fingerprint density at radius 2 is 2.67 bits per heavy atom. The molecule has 3 heteroatoms. The van der Waals surface area contributed by atoms with Crippen LogP contribution >= 0.6 is 23.5 Å². The highest BCUT2D eigenvalue weighted by molar-refractivity contribution is 8.38. The van der Waals surface area contributed by atoms with Gasteiger partial charge in [-0.25, -0.2) is 0 Å². The molecule has 1 aliphatic heterocycles. The predicted molar refractivity (Wildman–Crippen MR) is 47.5 cm³/mol. The van der Waals surface area contributed by atoms with Gasteiger partial charge in [-0.15, -0.1) is 11.8 Å². The van der Waals surface area contributed by atoms with Gasteiger partial charge in [0, 0.05) is 12.3 Å². The SMILES string of the molecule is CCSC1=NCCCS1. The van der Waals surface area contributed by atoms with Gasteiger partial charge in [-0.05, 0) is 12.2 Å². The van der Waals surface area contributed by atoms with Crippen molar-refractivity contribution in [1.29, 1.82) is 0 Å². The van der Waals surface area contributed by atoms with E-state index in [1.54, 1.807) is 0 Å². The minimum atomic E-state index is 1.05. The molecule has 0 saturated carbocycles. The van der Waals surface area contributed by atoms with Gasteiger partial charge in [-0.3, -0.25) is 4.99 Å². The van der Waals surface area contributed by atoms with Gasteiger partial charge in [-0.2, -0.15) is 0 Å². The van der Waals surface area contributed by atoms with Crippen molar-refractivity contribution in [3.63, 3.8) is 0 Å². The van der Waals surface area contributed by atoms with E-state index in [9.17, 15) is 0 Å². The molecule has 52 valence electrons. The molecule has 0 aromatic carbocycles. The Bertz CT molecular complexity index is 112. The van der Waals surface area contributed by atoms with Crippen LogP contribution in [0.25, 0.3) is 0 Å². The molecule has 0 atom stereocenters. The molecule has 1 nitrogen and oxygen atoms in total. The zero-order valence-corrected chi connectivity index (χ0v) is 7.23. The van der Waals surface area contributed by atoms with Crippen molar-refractivity contribution in [2.75, 3.05) is 18.1 Å². The summed E-state index contributed by atoms with van der Waals surface area (Å²) in [6, 6.07) is 0. The predicted octanol–water partition coefficient (Wildman–Crippen LogP) is 2.23. The van der Waals surface area contributed by atoms with Crippen molar-refractivity contribution in [3.8, 4) is 0 Å². The largest absolute Gasteiger partial charge is 0.272 e. The molecule has 1 aliphatic rings. The summed E-state index contributed by atoms with van der Waals surface area (Å²) in [5.41, 5.74) is 0. The lowest BCUT2D eigenvalue weighted by molar-refractivity contribution is 0.942. The van der Waals surface area contributed by atoms with Crippen molar-refractivity contribution < 1.29 is 0 Å². The maximum atomic E-state index is 4.36. The average Bonchev–Trinajstić information content (AvgIpc) is 1.91. The third kappa shape index (κ3) is 2.63. The second-order valence-electron chi connectivity index (χ2n) is 1.78. The van der Waals surface area contributed by atoms with E-state index in [1.165, 1.54) is 16.5 Å². The Kier molecular flexibility index (Phi) is 3.51. The monoisotopic (exact) mass is 161 g/mol. The Morgan fingerprint density at radius 1 is 1.78 bits per heavy atom. The molecular weight excluding hydrogens is 150 g/mol. The normalized spacial score (nSPS) is 19.4. The van der Waals surface area contributed by atoms with Crippen LogP contribution < -0.4 is 0 Å². The van der Waals surface area contributed by atoms with E-state index >= 15 is 0 Å². The molecule has 0 aromatic heterocycles. The summed E-state index contributed by atoms with van der Waals surface area (Å²) in [6.07, 6.45) is 1.26. The van der Waals surface area contributed by atoms with Gasteiger partial charge in [-0.1, -0.05) is 18.7 Å². The summed E-state index contributed by atoms with van der Waals surface area (Å²) in [4.78, 5) is 4.36. The van der Waals surface area contributed by atoms with E-state index < -0.39 is 0 Å². The van der Waals surface area contributed by atoms with Crippen molar-refractivity contribution in [3.05, 3.63) is 0 Å². The van der Waals surface area contributed by atoms with Crippen molar-refractivity contribution in [2.24, 2.45) is 4.99 Å². The summed E-state index contributed by atoms with van der Waals surface area (Å²) in [7, 11) is 0. The maximum absolute atomic E-state index is 4.36. The number of thioether (sulfide) groups is 2. The highest BCUT2D eigenvalue weighted by Gasteiger charge is 2.03. The lowest BCUT2D eigenvalue weighted by Gasteiger charge is -2.08. The molecule has 0 N–H and O–H groups in total. The van der Waals surface area contributed by atoms with E-state index in [4.69, 9.17) is 0 Å². The van der Waals surface area contributed by atoms with Gasteiger partial charge < -0.3 is 0 Å². The topological polar surface area (TPSA) is 12.4 Å². The molecule has 0 fully saturated rings. The summed E-state index contributed by atoms with van der Waals surface area (Å²) in [6.45, 7) is 3.22. The summed E-state index contributed by atoms with van der Waals surface area (Å²) in [5.74, 6) is 2.43. The number of nitrogens with zero attached hydrogens (tertiary/aromatic N) is 1. The zero-order chi connectivity index (χ0) is 6.53. The van der Waals surface area contributed by atoms with Crippen LogP contribution in [0.3, 0.4) is 0 Å². The van der Waals surface area contributed by atoms with Gasteiger partial charge in [0.25, 0.3) is 0 Å². The molecule has 0 unspecified atom stereocenters. The van der Waals surface area contributed by atoms with Gasteiger partial charge in [0.2, 0.25) is 0 Å². The molecule has 0 bridgehead atoms. The number of aliphatic imine (C=N–C) groups is 1. The maximum Gasteiger partial charge on any atom is 0.124 e. The fraction of sp³-hybridized carbons (Fsp3) is 0.833. The molecule has 9 heavy (non-hydrogen) atoms. The molecule has 0 saturated heterocycles. The quantitative estimate of drug-likeness (QED) is 0.584. The van der Waals surface area contributed by atoms with Gasteiger partial charge in [0.1, 0.15) is 4.38 Å². The Morgan fingerprint density at radius 3 is 3.22 bits per heavy atom. The van der Waals surface area contributed by atoms with E-state index in [-0.39, 0.29) is 0 Å². The molecule has 1 rings (SSSR count). The van der Waals surface area contributed by atoms with E-state index in [1.807, 2.05) is 23.5 Å². The number of rotatable bonds is 1. The third-order valence-electron chi connectivity index (χ3n) is 1.04. The Hall–Kier alpha value is 0.370. The van der Waals surface area contributed by atoms with Crippen molar-refractivity contribution >= 4 is 27.9 Å². The minimum absolute atomic E-state index is 1.05. The smallest absolute Gasteiger partial charge is 0.124 e. The van der Waals surface area contributed by atoms with Crippen LogP contribution in [0.2, 0.25) is 0 Å². The summed E-state index contributed by atoms with van der Waals surface area (Å²) >= 11 is 3.77. The first-order valence-corrected chi connectivity index (χ1v) is 5.20. The minimum Gasteiger partial charge on any atom is -0.272 e. The lowest BCUT2D eigenvalue weighted by atomic mass is 10.5. The van der Waals surface area contributed by atoms with Crippen molar-refractivity contribution in [2.45, 2.75) is 13.3 Å². The van der Waals surface area contributed by atoms with Crippen LogP contribution in [-0.2, 0) is 0 Å². The molecule has 0 aliphatic carbocycles. The van der Waals surface area contributed by atoms with E-state index in [0.29, 0.717) is 0 Å². The van der Waals surface area contributed by atoms with Crippen LogP contribution in [0.5, 0.6) is 0 Å². The first-order chi connectivity index (χ1) is 4.43. The highest BCUT2D eigenvalue weighted by Crippen LogP contribution is 2.20. The van der Waals surface area contributed by atoms with Crippen LogP contribution in [-0.4, -0.2) is 22.4 Å². The zero-order valence-electron chi connectivity index (χ0n) is 5.59. The van der Waals surface area contributed by atoms with Gasteiger partial charge in [0.15, 0.2) is 0 Å². The second kappa shape index (κ2) is 4.23. The van der Waals surface area contributed by atoms with E-state index in [0.717, 1.165) is 12.3 Å². The average molecular weight is 161 g/mol. The third-order valence-corrected chi connectivity index (χ3v) is 3.28. The Balaban J connectivity index is 2.28. The number of hydrogen-bond donors (Lipinski definition) is 0. The molecule has 1 heterocycles. The van der Waals surface area contributed by atoms with Gasteiger partial charge in [0.05, 0.1) is 0 Å². The van der Waals surface area contributed by atoms with Crippen LogP contribution in [0.1, 0.15) is 13.3 Å². The standard InChI is InChI=1S/C6H11NS2/c1-2-8-6-7-4-3-5-9-6/h2-5H2,1H3. The summed E-state index contributed by atoms with van der Waals surface area (Å²) < 4.78 is 1.30. The molecule has 0 aromatic rings. The lowest BCUT2D eigenvalue weighted by Crippen LogP contribution is -1.99. The van der Waals surface area contributed by atoms with Crippen LogP contribution in [0.15, 0.2) is 4.99 Å². The Labute approximate surface area is 64.7 Å². The summed E-state index contributed by atoms with van der Waals surface area (Å²) in [5, 5.41) is 0. The fourth-order valence-corrected chi connectivity index (χ4v) is 2.65. The second-order valence-corrected chi connectivity index (χ2v) is 4.38. The molecule has 0 radical (unpaired) electrons. The molecular formula is C6H11NS2. The van der Waals surface area contributed by atoms with E-state index in [2.05, 4.69) is 11.9 Å².